The van der Waals surface area contributed by atoms with E-state index in [0.29, 0.717) is 25.0 Å². The number of hydrogen-bond donors (Lipinski definition) is 3. The second-order valence-electron chi connectivity index (χ2n) is 6.25. The van der Waals surface area contributed by atoms with E-state index in [-0.39, 0.29) is 5.91 Å². The molecule has 1 rings (SSSR count). The van der Waals surface area contributed by atoms with Crippen molar-refractivity contribution in [2.45, 2.75) is 84.2 Å². The van der Waals surface area contributed by atoms with Gasteiger partial charge in [0.2, 0.25) is 5.91 Å². The maximum absolute atomic E-state index is 11.6. The molecule has 1 atom stereocenters. The molecule has 0 spiro atoms. The first-order valence-electron chi connectivity index (χ1n) is 8.99. The van der Waals surface area contributed by atoms with Crippen molar-refractivity contribution in [1.29, 1.82) is 0 Å². The molecule has 1 amide bonds. The summed E-state index contributed by atoms with van der Waals surface area (Å²) in [6.07, 6.45) is 8.64. The van der Waals surface area contributed by atoms with Crippen LogP contribution in [0.3, 0.4) is 0 Å². The molecule has 0 saturated heterocycles. The van der Waals surface area contributed by atoms with Gasteiger partial charge in [0.25, 0.3) is 0 Å². The summed E-state index contributed by atoms with van der Waals surface area (Å²) >= 11 is 0. The molecule has 5 heteroatoms. The van der Waals surface area contributed by atoms with Crippen molar-refractivity contribution in [3.8, 4) is 0 Å². The fourth-order valence-electron chi connectivity index (χ4n) is 2.28. The van der Waals surface area contributed by atoms with Gasteiger partial charge in [0.15, 0.2) is 5.96 Å². The molecule has 1 aliphatic carbocycles. The summed E-state index contributed by atoms with van der Waals surface area (Å²) in [7, 11) is 0. The highest BCUT2D eigenvalue weighted by Crippen LogP contribution is 2.18. The smallest absolute Gasteiger partial charge is 0.220 e. The maximum Gasteiger partial charge on any atom is 0.220 e. The first kappa shape index (κ1) is 18.8. The maximum atomic E-state index is 11.6. The lowest BCUT2D eigenvalue weighted by Crippen LogP contribution is -2.42. The van der Waals surface area contributed by atoms with Gasteiger partial charge >= 0.3 is 0 Å². The highest BCUT2D eigenvalue weighted by molar-refractivity contribution is 5.80. The molecule has 0 bridgehead atoms. The topological polar surface area (TPSA) is 65.5 Å². The molecule has 3 N–H and O–H groups in total. The molecule has 0 aromatic rings. The van der Waals surface area contributed by atoms with E-state index in [0.717, 1.165) is 31.8 Å². The summed E-state index contributed by atoms with van der Waals surface area (Å²) < 4.78 is 0. The Morgan fingerprint density at radius 3 is 2.64 bits per heavy atom. The van der Waals surface area contributed by atoms with Gasteiger partial charge in [-0.3, -0.25) is 9.79 Å². The molecule has 1 aliphatic rings. The first-order valence-corrected chi connectivity index (χ1v) is 8.99. The molecule has 0 aromatic carbocycles. The standard InChI is InChI=1S/C17H34N4O/c1-4-6-7-9-14(3)20-17(18-5-2)19-13-8-10-16(22)21-15-11-12-15/h14-15H,4-13H2,1-3H3,(H,21,22)(H2,18,19,20). The third-order valence-electron chi connectivity index (χ3n) is 3.74. The fraction of sp³-hybridized carbons (Fsp3) is 0.882. The van der Waals surface area contributed by atoms with Crippen molar-refractivity contribution in [3.63, 3.8) is 0 Å². The zero-order chi connectivity index (χ0) is 16.2. The number of hydrogen-bond acceptors (Lipinski definition) is 2. The molecule has 0 radical (unpaired) electrons. The van der Waals surface area contributed by atoms with Gasteiger partial charge in [0.05, 0.1) is 0 Å². The van der Waals surface area contributed by atoms with Crippen molar-refractivity contribution in [2.75, 3.05) is 13.1 Å². The van der Waals surface area contributed by atoms with Crippen LogP contribution in [0.15, 0.2) is 4.99 Å². The quantitative estimate of drug-likeness (QED) is 0.312. The fourth-order valence-corrected chi connectivity index (χ4v) is 2.28. The Bertz CT molecular complexity index is 340. The third kappa shape index (κ3) is 9.64. The number of amides is 1. The van der Waals surface area contributed by atoms with Crippen LogP contribution in [-0.2, 0) is 4.79 Å². The number of aliphatic imine (C=N–C) groups is 1. The van der Waals surface area contributed by atoms with Crippen molar-refractivity contribution < 1.29 is 4.79 Å². The second-order valence-corrected chi connectivity index (χ2v) is 6.25. The minimum atomic E-state index is 0.170. The lowest BCUT2D eigenvalue weighted by molar-refractivity contribution is -0.121. The van der Waals surface area contributed by atoms with Gasteiger partial charge in [0, 0.05) is 31.6 Å². The second kappa shape index (κ2) is 11.3. The predicted molar refractivity (Wildman–Crippen MR) is 93.1 cm³/mol. The molecule has 0 heterocycles. The lowest BCUT2D eigenvalue weighted by Gasteiger charge is -2.17. The Morgan fingerprint density at radius 1 is 1.23 bits per heavy atom. The molecule has 1 fully saturated rings. The summed E-state index contributed by atoms with van der Waals surface area (Å²) in [5.74, 6) is 1.04. The molecule has 1 unspecified atom stereocenters. The molecule has 128 valence electrons. The average Bonchev–Trinajstić information content (AvgIpc) is 3.28. The molecule has 5 nitrogen and oxygen atoms in total. The number of rotatable bonds is 11. The van der Waals surface area contributed by atoms with E-state index < -0.39 is 0 Å². The van der Waals surface area contributed by atoms with E-state index in [2.05, 4.69) is 41.7 Å². The zero-order valence-corrected chi connectivity index (χ0v) is 14.6. The Balaban J connectivity index is 2.20. The van der Waals surface area contributed by atoms with Crippen molar-refractivity contribution in [1.82, 2.24) is 16.0 Å². The summed E-state index contributed by atoms with van der Waals surface area (Å²) in [5, 5.41) is 9.73. The van der Waals surface area contributed by atoms with Gasteiger partial charge in [-0.05, 0) is 39.5 Å². The van der Waals surface area contributed by atoms with Crippen LogP contribution in [0.1, 0.15) is 72.1 Å². The van der Waals surface area contributed by atoms with Crippen LogP contribution in [0, 0.1) is 0 Å². The molecule has 22 heavy (non-hydrogen) atoms. The molecular formula is C17H34N4O. The van der Waals surface area contributed by atoms with E-state index in [4.69, 9.17) is 0 Å². The van der Waals surface area contributed by atoms with Crippen molar-refractivity contribution in [2.24, 2.45) is 4.99 Å². The van der Waals surface area contributed by atoms with Gasteiger partial charge in [-0.25, -0.2) is 0 Å². The van der Waals surface area contributed by atoms with Gasteiger partial charge in [-0.15, -0.1) is 0 Å². The van der Waals surface area contributed by atoms with Crippen molar-refractivity contribution in [3.05, 3.63) is 0 Å². The minimum Gasteiger partial charge on any atom is -0.357 e. The molecule has 1 saturated carbocycles. The summed E-state index contributed by atoms with van der Waals surface area (Å²) in [6.45, 7) is 8.04. The van der Waals surface area contributed by atoms with Gasteiger partial charge in [0.1, 0.15) is 0 Å². The average molecular weight is 310 g/mol. The molecule has 0 aliphatic heterocycles. The third-order valence-corrected chi connectivity index (χ3v) is 3.74. The normalized spacial score (nSPS) is 16.2. The predicted octanol–water partition coefficient (Wildman–Crippen LogP) is 2.57. The van der Waals surface area contributed by atoms with Gasteiger partial charge in [-0.2, -0.15) is 0 Å². The number of carbonyl (C=O) groups excluding carboxylic acids is 1. The largest absolute Gasteiger partial charge is 0.357 e. The van der Waals surface area contributed by atoms with E-state index in [9.17, 15) is 4.79 Å². The highest BCUT2D eigenvalue weighted by atomic mass is 16.1. The van der Waals surface area contributed by atoms with Crippen LogP contribution < -0.4 is 16.0 Å². The van der Waals surface area contributed by atoms with Crippen LogP contribution in [-0.4, -0.2) is 37.0 Å². The zero-order valence-electron chi connectivity index (χ0n) is 14.6. The van der Waals surface area contributed by atoms with Crippen LogP contribution in [0.5, 0.6) is 0 Å². The van der Waals surface area contributed by atoms with E-state index in [1.807, 2.05) is 0 Å². The van der Waals surface area contributed by atoms with E-state index >= 15 is 0 Å². The van der Waals surface area contributed by atoms with Crippen LogP contribution >= 0.6 is 0 Å². The minimum absolute atomic E-state index is 0.170. The Morgan fingerprint density at radius 2 is 2.00 bits per heavy atom. The molecular weight excluding hydrogens is 276 g/mol. The van der Waals surface area contributed by atoms with Crippen LogP contribution in [0.25, 0.3) is 0 Å². The number of nitrogens with one attached hydrogen (secondary N) is 3. The Kier molecular flexibility index (Phi) is 9.67. The lowest BCUT2D eigenvalue weighted by atomic mass is 10.1. The summed E-state index contributed by atoms with van der Waals surface area (Å²) in [6, 6.07) is 0.890. The SMILES string of the molecule is CCCCCC(C)NC(=NCCCC(=O)NC1CC1)NCC. The van der Waals surface area contributed by atoms with Crippen molar-refractivity contribution >= 4 is 11.9 Å². The van der Waals surface area contributed by atoms with Crippen LogP contribution in [0.4, 0.5) is 0 Å². The van der Waals surface area contributed by atoms with E-state index in [1.165, 1.54) is 25.7 Å². The molecule has 0 aromatic heterocycles. The number of nitrogens with zero attached hydrogens (tertiary/aromatic N) is 1. The van der Waals surface area contributed by atoms with E-state index in [1.54, 1.807) is 0 Å². The summed E-state index contributed by atoms with van der Waals surface area (Å²) in [5.41, 5.74) is 0. The van der Waals surface area contributed by atoms with Gasteiger partial charge in [-0.1, -0.05) is 26.2 Å². The Labute approximate surface area is 135 Å². The summed E-state index contributed by atoms with van der Waals surface area (Å²) in [4.78, 5) is 16.2. The number of guanidine groups is 1. The number of carbonyl (C=O) groups is 1. The number of unbranched alkanes of at least 4 members (excludes halogenated alkanes) is 2. The highest BCUT2D eigenvalue weighted by Gasteiger charge is 2.22. The monoisotopic (exact) mass is 310 g/mol. The first-order chi connectivity index (χ1) is 10.7. The Hall–Kier alpha value is -1.26. The van der Waals surface area contributed by atoms with Gasteiger partial charge < -0.3 is 16.0 Å². The van der Waals surface area contributed by atoms with Crippen LogP contribution in [0.2, 0.25) is 0 Å².